The Kier molecular flexibility index (Phi) is 4.03. The third-order valence-corrected chi connectivity index (χ3v) is 2.09. The maximum Gasteiger partial charge on any atom is 0.120 e. The van der Waals surface area contributed by atoms with E-state index in [9.17, 15) is 4.39 Å². The molecular weight excluding hydrogens is 157 g/mol. The van der Waals surface area contributed by atoms with E-state index >= 15 is 0 Å². The minimum Gasteiger partial charge on any atom is -0.255 e. The fourth-order valence-corrected chi connectivity index (χ4v) is 0.817. The lowest BCUT2D eigenvalue weighted by Gasteiger charge is -2.35. The van der Waals surface area contributed by atoms with Crippen LogP contribution in [0.15, 0.2) is 0 Å². The Morgan fingerprint density at radius 2 is 1.82 bits per heavy atom. The molecule has 1 atom stereocenters. The first-order valence-electron chi connectivity index (χ1n) is 3.69. The van der Waals surface area contributed by atoms with Gasteiger partial charge in [-0.1, -0.05) is 13.8 Å². The van der Waals surface area contributed by atoms with Crippen LogP contribution in [-0.2, 0) is 0 Å². The first-order chi connectivity index (χ1) is 4.81. The quantitative estimate of drug-likeness (QED) is 0.483. The summed E-state index contributed by atoms with van der Waals surface area (Å²) in [6.07, 6.45) is 0.913. The van der Waals surface area contributed by atoms with Gasteiger partial charge in [0.2, 0.25) is 0 Å². The van der Waals surface area contributed by atoms with Crippen molar-refractivity contribution in [2.24, 2.45) is 0 Å². The van der Waals surface area contributed by atoms with E-state index in [1.165, 1.54) is 0 Å². The van der Waals surface area contributed by atoms with Gasteiger partial charge in [-0.05, 0) is 23.9 Å². The minimum atomic E-state index is -1.78. The van der Waals surface area contributed by atoms with Crippen molar-refractivity contribution in [1.29, 1.82) is 0 Å². The Bertz CT molecular complexity index is 120. The number of thiol groups is 1. The molecule has 0 rings (SSSR count). The topological polar surface area (TPSA) is 0 Å². The van der Waals surface area contributed by atoms with Crippen LogP contribution in [0.1, 0.15) is 26.7 Å². The van der Waals surface area contributed by atoms with Crippen LogP contribution in [0.25, 0.3) is 0 Å². The van der Waals surface area contributed by atoms with Crippen LogP contribution in [0.4, 0.5) is 4.39 Å². The molecule has 4 heteroatoms. The summed E-state index contributed by atoms with van der Waals surface area (Å²) in [7, 11) is 10.9. The lowest BCUT2D eigenvalue weighted by atomic mass is 9.53. The molecular formula is C7H13B2FS. The minimum absolute atomic E-state index is 0.264. The summed E-state index contributed by atoms with van der Waals surface area (Å²) in [5, 5.41) is -0.976. The van der Waals surface area contributed by atoms with Crippen molar-refractivity contribution in [3.8, 4) is 0 Å². The molecule has 0 bridgehead atoms. The summed E-state index contributed by atoms with van der Waals surface area (Å²) in [6, 6.07) is 0. The highest BCUT2D eigenvalue weighted by atomic mass is 32.1. The van der Waals surface area contributed by atoms with Crippen LogP contribution < -0.4 is 0 Å². The normalized spacial score (nSPS) is 17.8. The summed E-state index contributed by atoms with van der Waals surface area (Å²) in [5.74, 6) is 0.638. The molecule has 0 nitrogen and oxygen atoms in total. The van der Waals surface area contributed by atoms with Gasteiger partial charge >= 0.3 is 0 Å². The largest absolute Gasteiger partial charge is 0.255 e. The Balaban J connectivity index is 4.00. The van der Waals surface area contributed by atoms with Crippen molar-refractivity contribution in [2.75, 3.05) is 5.75 Å². The van der Waals surface area contributed by atoms with Crippen LogP contribution in [0.2, 0.25) is 5.31 Å². The van der Waals surface area contributed by atoms with E-state index in [1.807, 2.05) is 0 Å². The second kappa shape index (κ2) is 3.88. The van der Waals surface area contributed by atoms with Crippen LogP contribution in [0.3, 0.4) is 0 Å². The molecule has 0 aliphatic heterocycles. The predicted octanol–water partition coefficient (Wildman–Crippen LogP) is 1.90. The molecule has 11 heavy (non-hydrogen) atoms. The summed E-state index contributed by atoms with van der Waals surface area (Å²) < 4.78 is 13.4. The Labute approximate surface area is 76.6 Å². The Hall–Kier alpha value is 0.410. The number of hydrogen-bond donors (Lipinski definition) is 1. The van der Waals surface area contributed by atoms with E-state index in [-0.39, 0.29) is 6.42 Å². The summed E-state index contributed by atoms with van der Waals surface area (Å²) >= 11 is 3.97. The zero-order valence-corrected chi connectivity index (χ0v) is 8.00. The standard InChI is InChI=1S/C7H13B2FS/c1-6(2,8)7(9,10)4-3-5-11/h11H,3-5H2,1-2H3. The summed E-state index contributed by atoms with van der Waals surface area (Å²) in [5.41, 5.74) is -1.78. The molecule has 0 saturated carbocycles. The molecule has 0 N–H and O–H groups in total. The van der Waals surface area contributed by atoms with Crippen LogP contribution >= 0.6 is 12.6 Å². The SMILES string of the molecule is [B]C(C)(C)C([B])(F)CCCS. The van der Waals surface area contributed by atoms with Gasteiger partial charge in [-0.25, -0.2) is 0 Å². The zero-order chi connectivity index (χ0) is 9.12. The van der Waals surface area contributed by atoms with Crippen LogP contribution in [-0.4, -0.2) is 27.0 Å². The zero-order valence-electron chi connectivity index (χ0n) is 7.10. The lowest BCUT2D eigenvalue weighted by molar-refractivity contribution is 0.199. The van der Waals surface area contributed by atoms with E-state index < -0.39 is 10.9 Å². The van der Waals surface area contributed by atoms with Gasteiger partial charge < -0.3 is 0 Å². The molecule has 0 spiro atoms. The van der Waals surface area contributed by atoms with Crippen molar-refractivity contribution in [3.63, 3.8) is 0 Å². The molecule has 0 fully saturated rings. The van der Waals surface area contributed by atoms with E-state index in [4.69, 9.17) is 15.7 Å². The highest BCUT2D eigenvalue weighted by Crippen LogP contribution is 2.38. The van der Waals surface area contributed by atoms with Gasteiger partial charge in [0.15, 0.2) is 0 Å². The third-order valence-electron chi connectivity index (χ3n) is 1.77. The number of alkyl halides is 1. The van der Waals surface area contributed by atoms with Crippen molar-refractivity contribution >= 4 is 28.3 Å². The van der Waals surface area contributed by atoms with Gasteiger partial charge in [-0.15, -0.1) is 0 Å². The lowest BCUT2D eigenvalue weighted by Crippen LogP contribution is -2.36. The van der Waals surface area contributed by atoms with Crippen LogP contribution in [0.5, 0.6) is 0 Å². The van der Waals surface area contributed by atoms with Gasteiger partial charge in [0.1, 0.15) is 7.85 Å². The van der Waals surface area contributed by atoms with Gasteiger partial charge in [0.25, 0.3) is 0 Å². The number of rotatable bonds is 4. The van der Waals surface area contributed by atoms with Crippen molar-refractivity contribution in [3.05, 3.63) is 0 Å². The Morgan fingerprint density at radius 3 is 2.09 bits per heavy atom. The molecule has 0 aromatic carbocycles. The maximum atomic E-state index is 13.4. The highest BCUT2D eigenvalue weighted by molar-refractivity contribution is 7.80. The van der Waals surface area contributed by atoms with Crippen molar-refractivity contribution < 1.29 is 4.39 Å². The molecule has 0 aromatic heterocycles. The van der Waals surface area contributed by atoms with Gasteiger partial charge in [0, 0.05) is 0 Å². The van der Waals surface area contributed by atoms with Crippen molar-refractivity contribution in [2.45, 2.75) is 37.6 Å². The number of hydrogen-bond acceptors (Lipinski definition) is 1. The second-order valence-corrected chi connectivity index (χ2v) is 3.86. The first-order valence-corrected chi connectivity index (χ1v) is 4.32. The average Bonchev–Trinajstić information content (AvgIpc) is 1.81. The molecule has 4 radical (unpaired) electrons. The predicted molar refractivity (Wildman–Crippen MR) is 52.5 cm³/mol. The monoisotopic (exact) mass is 170 g/mol. The molecule has 0 heterocycles. The van der Waals surface area contributed by atoms with E-state index in [0.29, 0.717) is 12.2 Å². The summed E-state index contributed by atoms with van der Waals surface area (Å²) in [4.78, 5) is 0. The van der Waals surface area contributed by atoms with E-state index in [2.05, 4.69) is 12.6 Å². The second-order valence-electron chi connectivity index (χ2n) is 3.41. The molecule has 0 aromatic rings. The molecule has 1 unspecified atom stereocenters. The van der Waals surface area contributed by atoms with E-state index in [1.54, 1.807) is 13.8 Å². The number of halogens is 1. The molecule has 0 aliphatic carbocycles. The maximum absolute atomic E-state index is 13.4. The van der Waals surface area contributed by atoms with Gasteiger partial charge in [0.05, 0.1) is 13.4 Å². The van der Waals surface area contributed by atoms with Crippen molar-refractivity contribution in [1.82, 2.24) is 0 Å². The first kappa shape index (κ1) is 11.4. The molecule has 0 amide bonds. The molecule has 0 saturated heterocycles. The van der Waals surface area contributed by atoms with Crippen LogP contribution in [0, 0.1) is 0 Å². The van der Waals surface area contributed by atoms with E-state index in [0.717, 1.165) is 0 Å². The molecule has 60 valence electrons. The average molecular weight is 170 g/mol. The fourth-order valence-electron chi connectivity index (χ4n) is 0.658. The van der Waals surface area contributed by atoms with Gasteiger partial charge in [-0.2, -0.15) is 12.6 Å². The third kappa shape index (κ3) is 3.55. The fraction of sp³-hybridized carbons (Fsp3) is 1.00. The summed E-state index contributed by atoms with van der Waals surface area (Å²) in [6.45, 7) is 3.18. The Morgan fingerprint density at radius 1 is 1.36 bits per heavy atom. The smallest absolute Gasteiger partial charge is 0.120 e. The highest BCUT2D eigenvalue weighted by Gasteiger charge is 2.35. The van der Waals surface area contributed by atoms with Gasteiger partial charge in [-0.3, -0.25) is 4.39 Å². The molecule has 0 aliphatic rings.